The summed E-state index contributed by atoms with van der Waals surface area (Å²) in [5.74, 6) is 0.575. The Morgan fingerprint density at radius 2 is 1.76 bits per heavy atom. The summed E-state index contributed by atoms with van der Waals surface area (Å²) in [6.07, 6.45) is 5.24. The Hall–Kier alpha value is -3.01. The highest BCUT2D eigenvalue weighted by atomic mass is 35.5. The van der Waals surface area contributed by atoms with Crippen LogP contribution < -0.4 is 4.74 Å². The number of carbonyl (C=O) groups is 1. The molecule has 0 amide bonds. The van der Waals surface area contributed by atoms with E-state index in [9.17, 15) is 10.1 Å². The first-order valence-electron chi connectivity index (χ1n) is 11.2. The lowest BCUT2D eigenvalue weighted by Gasteiger charge is -2.21. The number of ether oxygens (including phenoxy) is 2. The van der Waals surface area contributed by atoms with Gasteiger partial charge in [0.15, 0.2) is 0 Å². The summed E-state index contributed by atoms with van der Waals surface area (Å²) in [6.45, 7) is 0. The second-order valence-electron chi connectivity index (χ2n) is 8.12. The number of pyridine rings is 1. The zero-order chi connectivity index (χ0) is 23.9. The molecule has 0 atom stereocenters. The monoisotopic (exact) mass is 492 g/mol. The molecule has 1 heterocycles. The van der Waals surface area contributed by atoms with E-state index in [1.807, 2.05) is 42.5 Å². The van der Waals surface area contributed by atoms with E-state index in [1.165, 1.54) is 18.2 Å². The summed E-state index contributed by atoms with van der Waals surface area (Å²) in [6, 6.07) is 19.1. The molecule has 174 valence electrons. The van der Waals surface area contributed by atoms with Gasteiger partial charge in [0.05, 0.1) is 24.1 Å². The van der Waals surface area contributed by atoms with E-state index in [0.717, 1.165) is 48.1 Å². The molecule has 0 unspecified atom stereocenters. The molecule has 4 rings (SSSR count). The maximum Gasteiger partial charge on any atom is 0.316 e. The van der Waals surface area contributed by atoms with Gasteiger partial charge >= 0.3 is 5.97 Å². The quantitative estimate of drug-likeness (QED) is 0.263. The fraction of sp³-hybridized carbons (Fsp3) is 0.296. The number of hydrogen-bond donors (Lipinski definition) is 0. The number of nitriles is 1. The van der Waals surface area contributed by atoms with Crippen molar-refractivity contribution >= 4 is 29.3 Å². The molecular formula is C27H25ClN2O3S. The van der Waals surface area contributed by atoms with Crippen LogP contribution in [0.5, 0.6) is 5.75 Å². The van der Waals surface area contributed by atoms with Crippen molar-refractivity contribution in [3.05, 3.63) is 65.2 Å². The number of benzene rings is 2. The maximum absolute atomic E-state index is 12.5. The highest BCUT2D eigenvalue weighted by Gasteiger charge is 2.20. The average Bonchev–Trinajstić information content (AvgIpc) is 2.88. The van der Waals surface area contributed by atoms with E-state index in [2.05, 4.69) is 6.07 Å². The Labute approximate surface area is 209 Å². The number of rotatable bonds is 7. The van der Waals surface area contributed by atoms with Crippen LogP contribution in [0.25, 0.3) is 22.4 Å². The van der Waals surface area contributed by atoms with Crippen molar-refractivity contribution in [2.75, 3.05) is 12.9 Å². The largest absolute Gasteiger partial charge is 0.497 e. The molecule has 3 aromatic rings. The minimum atomic E-state index is -0.273. The molecule has 1 saturated carbocycles. The van der Waals surface area contributed by atoms with Gasteiger partial charge in [-0.1, -0.05) is 41.9 Å². The third kappa shape index (κ3) is 5.91. The molecule has 0 saturated heterocycles. The normalized spacial score (nSPS) is 13.8. The lowest BCUT2D eigenvalue weighted by atomic mass is 9.98. The number of methoxy groups -OCH3 is 1. The summed E-state index contributed by atoms with van der Waals surface area (Å²) in [5.41, 5.74) is 3.60. The van der Waals surface area contributed by atoms with Crippen molar-refractivity contribution in [3.8, 4) is 34.2 Å². The molecule has 34 heavy (non-hydrogen) atoms. The summed E-state index contributed by atoms with van der Waals surface area (Å²) < 4.78 is 10.9. The van der Waals surface area contributed by atoms with Crippen LogP contribution in [-0.4, -0.2) is 29.9 Å². The van der Waals surface area contributed by atoms with Crippen molar-refractivity contribution in [3.63, 3.8) is 0 Å². The van der Waals surface area contributed by atoms with Gasteiger partial charge in [-0.15, -0.1) is 0 Å². The van der Waals surface area contributed by atoms with Gasteiger partial charge in [0, 0.05) is 16.1 Å². The molecule has 2 aromatic carbocycles. The van der Waals surface area contributed by atoms with Gasteiger partial charge in [0.2, 0.25) is 0 Å². The smallest absolute Gasteiger partial charge is 0.316 e. The van der Waals surface area contributed by atoms with Crippen LogP contribution in [0.3, 0.4) is 0 Å². The predicted octanol–water partition coefficient (Wildman–Crippen LogP) is 6.92. The second kappa shape index (κ2) is 11.4. The maximum atomic E-state index is 12.5. The van der Waals surface area contributed by atoms with Gasteiger partial charge in [-0.25, -0.2) is 4.98 Å². The zero-order valence-electron chi connectivity index (χ0n) is 18.9. The van der Waals surface area contributed by atoms with E-state index in [-0.39, 0.29) is 17.8 Å². The lowest BCUT2D eigenvalue weighted by Crippen LogP contribution is -2.22. The van der Waals surface area contributed by atoms with Gasteiger partial charge in [-0.3, -0.25) is 4.79 Å². The van der Waals surface area contributed by atoms with Crippen molar-refractivity contribution in [1.82, 2.24) is 4.98 Å². The number of halogens is 1. The minimum Gasteiger partial charge on any atom is -0.497 e. The van der Waals surface area contributed by atoms with E-state index >= 15 is 0 Å². The Bertz CT molecular complexity index is 1180. The molecule has 1 aliphatic carbocycles. The molecule has 1 fully saturated rings. The molecule has 7 heteroatoms. The molecular weight excluding hydrogens is 468 g/mol. The molecule has 5 nitrogen and oxygen atoms in total. The van der Waals surface area contributed by atoms with E-state index < -0.39 is 0 Å². The van der Waals surface area contributed by atoms with E-state index in [1.54, 1.807) is 19.2 Å². The Balaban J connectivity index is 1.66. The Morgan fingerprint density at radius 3 is 2.41 bits per heavy atom. The Kier molecular flexibility index (Phi) is 8.10. The first-order valence-corrected chi connectivity index (χ1v) is 12.6. The summed E-state index contributed by atoms with van der Waals surface area (Å²) in [7, 11) is 1.62. The number of esters is 1. The van der Waals surface area contributed by atoms with Gasteiger partial charge < -0.3 is 9.47 Å². The minimum absolute atomic E-state index is 0.000470. The van der Waals surface area contributed by atoms with E-state index in [4.69, 9.17) is 26.1 Å². The predicted molar refractivity (Wildman–Crippen MR) is 135 cm³/mol. The molecule has 1 aliphatic rings. The van der Waals surface area contributed by atoms with Crippen molar-refractivity contribution in [1.29, 1.82) is 5.26 Å². The average molecular weight is 493 g/mol. The fourth-order valence-electron chi connectivity index (χ4n) is 4.03. The Morgan fingerprint density at radius 1 is 1.09 bits per heavy atom. The van der Waals surface area contributed by atoms with Crippen LogP contribution >= 0.6 is 23.4 Å². The topological polar surface area (TPSA) is 72.2 Å². The highest BCUT2D eigenvalue weighted by molar-refractivity contribution is 7.99. The van der Waals surface area contributed by atoms with E-state index in [0.29, 0.717) is 21.3 Å². The lowest BCUT2D eigenvalue weighted by molar-refractivity contribution is -0.147. The van der Waals surface area contributed by atoms with Crippen molar-refractivity contribution in [2.45, 2.75) is 43.2 Å². The van der Waals surface area contributed by atoms with Gasteiger partial charge in [-0.05, 0) is 73.7 Å². The summed E-state index contributed by atoms with van der Waals surface area (Å²) in [4.78, 5) is 17.3. The highest BCUT2D eigenvalue weighted by Crippen LogP contribution is 2.35. The van der Waals surface area contributed by atoms with Gasteiger partial charge in [0.25, 0.3) is 0 Å². The first kappa shape index (κ1) is 24.1. The second-order valence-corrected chi connectivity index (χ2v) is 9.52. The van der Waals surface area contributed by atoms with Crippen LogP contribution in [0.15, 0.2) is 59.6 Å². The van der Waals surface area contributed by atoms with Crippen molar-refractivity contribution < 1.29 is 14.3 Å². The number of thioether (sulfide) groups is 1. The molecule has 0 bridgehead atoms. The first-order chi connectivity index (χ1) is 16.6. The number of carbonyl (C=O) groups excluding carboxylic acids is 1. The number of nitrogens with zero attached hydrogens (tertiary/aromatic N) is 2. The molecule has 0 spiro atoms. The molecule has 0 radical (unpaired) electrons. The SMILES string of the molecule is COc1ccc(-c2cc(-c3ccc(Cl)cc3)c(C#N)c(SCC(=O)OC3CCCCC3)n2)cc1. The standard InChI is InChI=1S/C27H25ClN2O3S/c1-32-21-13-9-19(10-14-21)25-15-23(18-7-11-20(28)12-8-18)24(16-29)27(30-25)34-17-26(31)33-22-5-3-2-4-6-22/h7-15,22H,2-6,17H2,1H3. The molecule has 0 N–H and O–H groups in total. The third-order valence-electron chi connectivity index (χ3n) is 5.82. The van der Waals surface area contributed by atoms with Gasteiger partial charge in [0.1, 0.15) is 22.9 Å². The zero-order valence-corrected chi connectivity index (χ0v) is 20.5. The summed E-state index contributed by atoms with van der Waals surface area (Å²) in [5, 5.41) is 11.1. The summed E-state index contributed by atoms with van der Waals surface area (Å²) >= 11 is 7.32. The van der Waals surface area contributed by atoms with Gasteiger partial charge in [-0.2, -0.15) is 5.26 Å². The van der Waals surface area contributed by atoms with Crippen LogP contribution in [0.1, 0.15) is 37.7 Å². The number of hydrogen-bond acceptors (Lipinski definition) is 6. The third-order valence-corrected chi connectivity index (χ3v) is 7.02. The van der Waals surface area contributed by atoms with Crippen LogP contribution in [-0.2, 0) is 9.53 Å². The van der Waals surface area contributed by atoms with Crippen LogP contribution in [0.2, 0.25) is 5.02 Å². The van der Waals surface area contributed by atoms with Crippen LogP contribution in [0, 0.1) is 11.3 Å². The van der Waals surface area contributed by atoms with Crippen LogP contribution in [0.4, 0.5) is 0 Å². The number of aromatic nitrogens is 1. The molecule has 1 aromatic heterocycles. The van der Waals surface area contributed by atoms with Crippen molar-refractivity contribution in [2.24, 2.45) is 0 Å². The fourth-order valence-corrected chi connectivity index (χ4v) is 4.94. The molecule has 0 aliphatic heterocycles.